The third-order valence-corrected chi connectivity index (χ3v) is 4.62. The van der Waals surface area contributed by atoms with Crippen LogP contribution in [-0.2, 0) is 0 Å². The number of carbonyl (C=O) groups excluding carboxylic acids is 1. The van der Waals surface area contributed by atoms with E-state index in [0.717, 1.165) is 21.5 Å². The molecule has 0 aliphatic rings. The number of thiophene rings is 1. The van der Waals surface area contributed by atoms with Crippen LogP contribution in [0.4, 0.5) is 0 Å². The molecule has 0 atom stereocenters. The normalized spacial score (nSPS) is 10.7. The van der Waals surface area contributed by atoms with Gasteiger partial charge in [-0.1, -0.05) is 30.3 Å². The van der Waals surface area contributed by atoms with Crippen molar-refractivity contribution in [3.8, 4) is 10.6 Å². The summed E-state index contributed by atoms with van der Waals surface area (Å²) in [5.74, 6) is -0.125. The summed E-state index contributed by atoms with van der Waals surface area (Å²) in [7, 11) is 0. The lowest BCUT2D eigenvalue weighted by Gasteiger charge is -2.21. The maximum absolute atomic E-state index is 13.0. The Hall–Kier alpha value is -2.50. The minimum absolute atomic E-state index is 0.0830. The highest BCUT2D eigenvalue weighted by Gasteiger charge is 2.19. The number of para-hydroxylation sites is 1. The van der Waals surface area contributed by atoms with Gasteiger partial charge in [0, 0.05) is 18.5 Å². The second-order valence-corrected chi connectivity index (χ2v) is 6.26. The van der Waals surface area contributed by atoms with E-state index in [-0.39, 0.29) is 19.1 Å². The first-order chi connectivity index (χ1) is 11.7. The molecular formula is C19H18N2O2S. The van der Waals surface area contributed by atoms with Gasteiger partial charge in [-0.2, -0.15) is 0 Å². The van der Waals surface area contributed by atoms with Gasteiger partial charge in [0.2, 0.25) is 0 Å². The summed E-state index contributed by atoms with van der Waals surface area (Å²) in [6.07, 6.45) is 1.66. The summed E-state index contributed by atoms with van der Waals surface area (Å²) in [6.45, 7) is 4.28. The van der Waals surface area contributed by atoms with Crippen LogP contribution in [0.2, 0.25) is 0 Å². The fourth-order valence-electron chi connectivity index (χ4n) is 2.63. The highest BCUT2D eigenvalue weighted by Crippen LogP contribution is 2.28. The number of fused-ring (bicyclic) bond motifs is 1. The first-order valence-corrected chi connectivity index (χ1v) is 8.57. The molecule has 0 fully saturated rings. The van der Waals surface area contributed by atoms with Crippen molar-refractivity contribution in [3.05, 3.63) is 66.1 Å². The predicted octanol–water partition coefficient (Wildman–Crippen LogP) is 3.58. The number of hydrogen-bond donors (Lipinski definition) is 1. The Morgan fingerprint density at radius 2 is 2.12 bits per heavy atom. The van der Waals surface area contributed by atoms with E-state index >= 15 is 0 Å². The van der Waals surface area contributed by atoms with Gasteiger partial charge >= 0.3 is 0 Å². The molecule has 1 aromatic carbocycles. The number of hydrogen-bond acceptors (Lipinski definition) is 4. The van der Waals surface area contributed by atoms with Crippen LogP contribution in [0.15, 0.2) is 60.5 Å². The van der Waals surface area contributed by atoms with Crippen LogP contribution >= 0.6 is 11.3 Å². The first-order valence-electron chi connectivity index (χ1n) is 7.69. The lowest BCUT2D eigenvalue weighted by atomic mass is 10.1. The van der Waals surface area contributed by atoms with Crippen molar-refractivity contribution in [1.82, 2.24) is 9.88 Å². The van der Waals surface area contributed by atoms with Crippen molar-refractivity contribution >= 4 is 28.1 Å². The highest BCUT2D eigenvalue weighted by molar-refractivity contribution is 7.13. The Morgan fingerprint density at radius 3 is 2.83 bits per heavy atom. The van der Waals surface area contributed by atoms with Crippen LogP contribution in [0, 0.1) is 0 Å². The van der Waals surface area contributed by atoms with Crippen LogP contribution in [0.3, 0.4) is 0 Å². The lowest BCUT2D eigenvalue weighted by molar-refractivity contribution is 0.0745. The molecule has 0 bridgehead atoms. The fraction of sp³-hybridized carbons (Fsp3) is 0.158. The SMILES string of the molecule is C=CCN(CCO)C(=O)c1cc(-c2cccs2)nc2ccccc12. The van der Waals surface area contributed by atoms with Crippen molar-refractivity contribution in [2.24, 2.45) is 0 Å². The minimum atomic E-state index is -0.125. The van der Waals surface area contributed by atoms with E-state index in [0.29, 0.717) is 12.1 Å². The molecule has 1 amide bonds. The molecule has 3 aromatic rings. The number of benzene rings is 1. The Balaban J connectivity index is 2.14. The largest absolute Gasteiger partial charge is 0.395 e. The molecule has 1 N–H and O–H groups in total. The van der Waals surface area contributed by atoms with Gasteiger partial charge in [-0.15, -0.1) is 17.9 Å². The van der Waals surface area contributed by atoms with E-state index in [1.165, 1.54) is 0 Å². The zero-order chi connectivity index (χ0) is 16.9. The first kappa shape index (κ1) is 16.4. The molecule has 2 heterocycles. The average molecular weight is 338 g/mol. The van der Waals surface area contributed by atoms with Crippen molar-refractivity contribution in [1.29, 1.82) is 0 Å². The number of carbonyl (C=O) groups is 1. The summed E-state index contributed by atoms with van der Waals surface area (Å²) in [5.41, 5.74) is 2.17. The van der Waals surface area contributed by atoms with E-state index in [1.807, 2.05) is 47.8 Å². The number of nitrogens with zero attached hydrogens (tertiary/aromatic N) is 2. The van der Waals surface area contributed by atoms with E-state index in [4.69, 9.17) is 0 Å². The Morgan fingerprint density at radius 1 is 1.29 bits per heavy atom. The van der Waals surface area contributed by atoms with Crippen LogP contribution in [0.25, 0.3) is 21.5 Å². The predicted molar refractivity (Wildman–Crippen MR) is 98.2 cm³/mol. The monoisotopic (exact) mass is 338 g/mol. The van der Waals surface area contributed by atoms with Crippen molar-refractivity contribution < 1.29 is 9.90 Å². The third-order valence-electron chi connectivity index (χ3n) is 3.73. The molecule has 122 valence electrons. The molecular weight excluding hydrogens is 320 g/mol. The summed E-state index contributed by atoms with van der Waals surface area (Å²) in [4.78, 5) is 20.3. The van der Waals surface area contributed by atoms with E-state index < -0.39 is 0 Å². The summed E-state index contributed by atoms with van der Waals surface area (Å²) < 4.78 is 0. The van der Waals surface area contributed by atoms with E-state index in [2.05, 4.69) is 11.6 Å². The maximum atomic E-state index is 13.0. The lowest BCUT2D eigenvalue weighted by Crippen LogP contribution is -2.33. The smallest absolute Gasteiger partial charge is 0.254 e. The fourth-order valence-corrected chi connectivity index (χ4v) is 3.31. The number of aliphatic hydroxyl groups excluding tert-OH is 1. The molecule has 0 aliphatic heterocycles. The minimum Gasteiger partial charge on any atom is -0.395 e. The van der Waals surface area contributed by atoms with Gasteiger partial charge in [0.1, 0.15) is 0 Å². The Bertz CT molecular complexity index is 859. The molecule has 24 heavy (non-hydrogen) atoms. The summed E-state index contributed by atoms with van der Waals surface area (Å²) in [5, 5.41) is 12.0. The van der Waals surface area contributed by atoms with Crippen molar-refractivity contribution in [3.63, 3.8) is 0 Å². The third kappa shape index (κ3) is 3.22. The molecule has 0 radical (unpaired) electrons. The van der Waals surface area contributed by atoms with Gasteiger partial charge in [0.25, 0.3) is 5.91 Å². The maximum Gasteiger partial charge on any atom is 0.254 e. The molecule has 5 heteroatoms. The highest BCUT2D eigenvalue weighted by atomic mass is 32.1. The van der Waals surface area contributed by atoms with Gasteiger partial charge < -0.3 is 10.0 Å². The molecule has 0 saturated carbocycles. The van der Waals surface area contributed by atoms with Crippen LogP contribution in [0.1, 0.15) is 10.4 Å². The Labute approximate surface area is 144 Å². The van der Waals surface area contributed by atoms with Gasteiger partial charge in [0.15, 0.2) is 0 Å². The van der Waals surface area contributed by atoms with Gasteiger partial charge in [-0.05, 0) is 23.6 Å². The number of pyridine rings is 1. The molecule has 3 rings (SSSR count). The molecule has 0 unspecified atom stereocenters. The van der Waals surface area contributed by atoms with Crippen LogP contribution in [-0.4, -0.2) is 40.6 Å². The zero-order valence-corrected chi connectivity index (χ0v) is 14.0. The second-order valence-electron chi connectivity index (χ2n) is 5.31. The van der Waals surface area contributed by atoms with Crippen molar-refractivity contribution in [2.45, 2.75) is 0 Å². The average Bonchev–Trinajstić information content (AvgIpc) is 3.14. The molecule has 2 aromatic heterocycles. The number of rotatable bonds is 6. The van der Waals surface area contributed by atoms with Crippen molar-refractivity contribution in [2.75, 3.05) is 19.7 Å². The Kier molecular flexibility index (Phi) is 5.03. The molecule has 0 spiro atoms. The van der Waals surface area contributed by atoms with Gasteiger partial charge in [-0.3, -0.25) is 4.79 Å². The standard InChI is InChI=1S/C19H18N2O2S/c1-2-9-21(10-11-22)19(23)15-13-17(18-8-5-12-24-18)20-16-7-4-3-6-14(15)16/h2-8,12-13,22H,1,9-11H2. The zero-order valence-electron chi connectivity index (χ0n) is 13.2. The molecule has 0 saturated heterocycles. The van der Waals surface area contributed by atoms with E-state index in [9.17, 15) is 9.90 Å². The summed E-state index contributed by atoms with van der Waals surface area (Å²) >= 11 is 1.59. The number of aliphatic hydroxyl groups is 1. The van der Waals surface area contributed by atoms with E-state index in [1.54, 1.807) is 22.3 Å². The topological polar surface area (TPSA) is 53.4 Å². The second kappa shape index (κ2) is 7.38. The number of aromatic nitrogens is 1. The van der Waals surface area contributed by atoms with Gasteiger partial charge in [-0.25, -0.2) is 4.98 Å². The molecule has 0 aliphatic carbocycles. The molecule has 4 nitrogen and oxygen atoms in total. The quantitative estimate of drug-likeness (QED) is 0.699. The van der Waals surface area contributed by atoms with Crippen LogP contribution < -0.4 is 0 Å². The number of amides is 1. The summed E-state index contributed by atoms with van der Waals surface area (Å²) in [6, 6.07) is 13.4. The van der Waals surface area contributed by atoms with Gasteiger partial charge in [0.05, 0.1) is 28.3 Å². The van der Waals surface area contributed by atoms with Crippen LogP contribution in [0.5, 0.6) is 0 Å².